The number of hydrogen-bond acceptors (Lipinski definition) is 2. The van der Waals surface area contributed by atoms with E-state index in [4.69, 9.17) is 4.74 Å². The molecule has 1 amide bonds. The third kappa shape index (κ3) is 4.72. The lowest BCUT2D eigenvalue weighted by Gasteiger charge is -2.18. The largest absolute Gasteiger partial charge is 0.481 e. The Morgan fingerprint density at radius 3 is 2.48 bits per heavy atom. The Morgan fingerprint density at radius 2 is 1.83 bits per heavy atom. The number of ether oxygens (including phenoxy) is 1. The fraction of sp³-hybridized carbons (Fsp3) is 0.188. The maximum atomic E-state index is 13.6. The average molecular weight is 388 g/mol. The molecule has 2 aromatic rings. The molecule has 2 rings (SSSR count). The van der Waals surface area contributed by atoms with Crippen LogP contribution in [0, 0.1) is 17.5 Å². The number of halogens is 4. The highest BCUT2D eigenvalue weighted by Crippen LogP contribution is 2.21. The Bertz CT molecular complexity index is 724. The monoisotopic (exact) mass is 387 g/mol. The third-order valence-corrected chi connectivity index (χ3v) is 3.57. The van der Waals surface area contributed by atoms with E-state index in [1.165, 1.54) is 30.1 Å². The second-order valence-electron chi connectivity index (χ2n) is 4.86. The van der Waals surface area contributed by atoms with Gasteiger partial charge in [0.05, 0.1) is 0 Å². The minimum Gasteiger partial charge on any atom is -0.481 e. The Balaban J connectivity index is 1.93. The maximum Gasteiger partial charge on any atom is 0.260 e. The summed E-state index contributed by atoms with van der Waals surface area (Å²) in [7, 11) is 1.49. The van der Waals surface area contributed by atoms with Crippen molar-refractivity contribution in [2.24, 2.45) is 0 Å². The number of carbonyl (C=O) groups is 1. The molecule has 2 aromatic carbocycles. The fourth-order valence-electron chi connectivity index (χ4n) is 1.84. The van der Waals surface area contributed by atoms with Gasteiger partial charge in [-0.25, -0.2) is 13.2 Å². The standard InChI is InChI=1S/C16H13BrF3NO2/c1-21(8-10-2-4-12(18)13(19)6-10)16(22)9-23-15-5-3-11(17)7-14(15)20/h2-7H,8-9H2,1H3. The first-order chi connectivity index (χ1) is 10.9. The molecule has 122 valence electrons. The van der Waals surface area contributed by atoms with Gasteiger partial charge in [0.2, 0.25) is 0 Å². The van der Waals surface area contributed by atoms with E-state index in [1.54, 1.807) is 6.07 Å². The van der Waals surface area contributed by atoms with Crippen LogP contribution in [0.5, 0.6) is 5.75 Å². The number of likely N-dealkylation sites (N-methyl/N-ethyl adjacent to an activating group) is 1. The van der Waals surface area contributed by atoms with Crippen LogP contribution >= 0.6 is 15.9 Å². The van der Waals surface area contributed by atoms with Crippen LogP contribution in [0.15, 0.2) is 40.9 Å². The van der Waals surface area contributed by atoms with Crippen molar-refractivity contribution in [2.75, 3.05) is 13.7 Å². The number of hydrogen-bond donors (Lipinski definition) is 0. The van der Waals surface area contributed by atoms with Crippen LogP contribution in [0.25, 0.3) is 0 Å². The summed E-state index contributed by atoms with van der Waals surface area (Å²) < 4.78 is 45.3. The van der Waals surface area contributed by atoms with Crippen LogP contribution < -0.4 is 4.74 Å². The predicted octanol–water partition coefficient (Wildman–Crippen LogP) is 3.90. The number of nitrogens with zero attached hydrogens (tertiary/aromatic N) is 1. The topological polar surface area (TPSA) is 29.5 Å². The van der Waals surface area contributed by atoms with Crippen LogP contribution in [0.4, 0.5) is 13.2 Å². The summed E-state index contributed by atoms with van der Waals surface area (Å²) in [6.45, 7) is -0.277. The zero-order chi connectivity index (χ0) is 17.0. The van der Waals surface area contributed by atoms with Gasteiger partial charge in [-0.1, -0.05) is 22.0 Å². The molecule has 0 spiro atoms. The predicted molar refractivity (Wildman–Crippen MR) is 82.4 cm³/mol. The summed E-state index contributed by atoms with van der Waals surface area (Å²) in [4.78, 5) is 13.2. The van der Waals surface area contributed by atoms with Crippen molar-refractivity contribution in [3.05, 3.63) is 63.9 Å². The van der Waals surface area contributed by atoms with E-state index in [0.29, 0.717) is 10.0 Å². The molecular formula is C16H13BrF3NO2. The number of carbonyl (C=O) groups excluding carboxylic acids is 1. The Labute approximate surface area is 139 Å². The maximum absolute atomic E-state index is 13.6. The summed E-state index contributed by atoms with van der Waals surface area (Å²) in [5.74, 6) is -2.97. The molecule has 23 heavy (non-hydrogen) atoms. The molecule has 0 radical (unpaired) electrons. The van der Waals surface area contributed by atoms with E-state index in [0.717, 1.165) is 12.1 Å². The molecule has 0 aromatic heterocycles. The van der Waals surface area contributed by atoms with E-state index in [1.807, 2.05) is 0 Å². The van der Waals surface area contributed by atoms with Crippen molar-refractivity contribution < 1.29 is 22.7 Å². The van der Waals surface area contributed by atoms with Crippen molar-refractivity contribution >= 4 is 21.8 Å². The van der Waals surface area contributed by atoms with Gasteiger partial charge < -0.3 is 9.64 Å². The molecule has 0 aliphatic rings. The van der Waals surface area contributed by atoms with Crippen LogP contribution in [-0.2, 0) is 11.3 Å². The first kappa shape index (κ1) is 17.3. The molecule has 0 fully saturated rings. The molecule has 0 heterocycles. The summed E-state index contributed by atoms with van der Waals surface area (Å²) >= 11 is 3.12. The van der Waals surface area contributed by atoms with Gasteiger partial charge in [0, 0.05) is 18.1 Å². The summed E-state index contributed by atoms with van der Waals surface area (Å²) in [6.07, 6.45) is 0. The molecule has 0 bridgehead atoms. The van der Waals surface area contributed by atoms with Gasteiger partial charge in [-0.15, -0.1) is 0 Å². The van der Waals surface area contributed by atoms with Crippen LogP contribution in [-0.4, -0.2) is 24.5 Å². The van der Waals surface area contributed by atoms with Gasteiger partial charge in [0.25, 0.3) is 5.91 Å². The van der Waals surface area contributed by atoms with Gasteiger partial charge in [-0.3, -0.25) is 4.79 Å². The average Bonchev–Trinajstić information content (AvgIpc) is 2.49. The van der Waals surface area contributed by atoms with Crippen molar-refractivity contribution in [1.29, 1.82) is 0 Å². The van der Waals surface area contributed by atoms with E-state index in [2.05, 4.69) is 15.9 Å². The first-order valence-corrected chi connectivity index (χ1v) is 7.42. The molecule has 0 aliphatic carbocycles. The molecule has 7 heteroatoms. The summed E-state index contributed by atoms with van der Waals surface area (Å²) in [5, 5.41) is 0. The zero-order valence-electron chi connectivity index (χ0n) is 12.2. The number of benzene rings is 2. The van der Waals surface area contributed by atoms with Gasteiger partial charge in [-0.05, 0) is 35.9 Å². The fourth-order valence-corrected chi connectivity index (χ4v) is 2.18. The molecule has 0 saturated heterocycles. The molecule has 0 atom stereocenters. The lowest BCUT2D eigenvalue weighted by Crippen LogP contribution is -2.31. The van der Waals surface area contributed by atoms with E-state index < -0.39 is 23.4 Å². The summed E-state index contributed by atoms with van der Waals surface area (Å²) in [6, 6.07) is 7.63. The Hall–Kier alpha value is -2.02. The molecule has 0 aliphatic heterocycles. The van der Waals surface area contributed by atoms with E-state index in [9.17, 15) is 18.0 Å². The first-order valence-electron chi connectivity index (χ1n) is 6.62. The second-order valence-corrected chi connectivity index (χ2v) is 5.78. The second kappa shape index (κ2) is 7.50. The van der Waals surface area contributed by atoms with Gasteiger partial charge in [0.1, 0.15) is 0 Å². The van der Waals surface area contributed by atoms with Crippen LogP contribution in [0.2, 0.25) is 0 Å². The minimum atomic E-state index is -0.975. The molecule has 3 nitrogen and oxygen atoms in total. The normalized spacial score (nSPS) is 10.5. The van der Waals surface area contributed by atoms with Crippen molar-refractivity contribution in [2.45, 2.75) is 6.54 Å². The Kier molecular flexibility index (Phi) is 5.65. The highest BCUT2D eigenvalue weighted by atomic mass is 79.9. The van der Waals surface area contributed by atoms with Gasteiger partial charge in [0.15, 0.2) is 29.8 Å². The lowest BCUT2D eigenvalue weighted by atomic mass is 10.2. The molecule has 0 unspecified atom stereocenters. The highest BCUT2D eigenvalue weighted by Gasteiger charge is 2.13. The zero-order valence-corrected chi connectivity index (χ0v) is 13.7. The smallest absolute Gasteiger partial charge is 0.260 e. The van der Waals surface area contributed by atoms with Crippen LogP contribution in [0.3, 0.4) is 0 Å². The van der Waals surface area contributed by atoms with Crippen molar-refractivity contribution in [1.82, 2.24) is 4.90 Å². The van der Waals surface area contributed by atoms with Crippen molar-refractivity contribution in [3.8, 4) is 5.75 Å². The Morgan fingerprint density at radius 1 is 1.09 bits per heavy atom. The molecular weight excluding hydrogens is 375 g/mol. The molecule has 0 N–H and O–H groups in total. The third-order valence-electron chi connectivity index (χ3n) is 3.07. The van der Waals surface area contributed by atoms with Crippen LogP contribution in [0.1, 0.15) is 5.56 Å². The van der Waals surface area contributed by atoms with E-state index >= 15 is 0 Å². The molecule has 0 saturated carbocycles. The van der Waals surface area contributed by atoms with Gasteiger partial charge >= 0.3 is 0 Å². The quantitative estimate of drug-likeness (QED) is 0.778. The van der Waals surface area contributed by atoms with Crippen molar-refractivity contribution in [3.63, 3.8) is 0 Å². The summed E-state index contributed by atoms with van der Waals surface area (Å²) in [5.41, 5.74) is 0.439. The highest BCUT2D eigenvalue weighted by molar-refractivity contribution is 9.10. The minimum absolute atomic E-state index is 0.0391. The number of amides is 1. The lowest BCUT2D eigenvalue weighted by molar-refractivity contribution is -0.132. The van der Waals surface area contributed by atoms with E-state index in [-0.39, 0.29) is 18.9 Å². The number of rotatable bonds is 5. The SMILES string of the molecule is CN(Cc1ccc(F)c(F)c1)C(=O)COc1ccc(Br)cc1F. The van der Waals surface area contributed by atoms with Gasteiger partial charge in [-0.2, -0.15) is 0 Å².